The number of aryl methyl sites for hydroxylation is 1. The molecule has 0 radical (unpaired) electrons. The van der Waals surface area contributed by atoms with Crippen LogP contribution in [0.15, 0.2) is 71.5 Å². The minimum Gasteiger partial charge on any atom is -0.492 e. The standard InChI is InChI=1S/C37H49N7O3/c1-4-6-11-30(40-33(9-5-2)34-27-31(15-16-38-34)47-24-23-44-18-17-39-37(44)46)12-8-7-10-28-13-14-32-29(25-28)26-35(41-32)36(45)43-21-19-42(3)20-22-43/h5,9,12-16,25-27,41H,4,6-8,10-11,17-24H2,1-3H3,(H,39,46)/b9-5-,30-12-,40-33-. The third-order valence-electron chi connectivity index (χ3n) is 8.70. The summed E-state index contributed by atoms with van der Waals surface area (Å²) in [5.74, 6) is 0.793. The Balaban J connectivity index is 1.20. The summed E-state index contributed by atoms with van der Waals surface area (Å²) in [4.78, 5) is 43.8. The van der Waals surface area contributed by atoms with Crippen molar-refractivity contribution in [2.45, 2.75) is 52.4 Å². The van der Waals surface area contributed by atoms with E-state index in [9.17, 15) is 9.59 Å². The molecule has 250 valence electrons. The van der Waals surface area contributed by atoms with Gasteiger partial charge in [0.1, 0.15) is 18.1 Å². The Morgan fingerprint density at radius 2 is 1.94 bits per heavy atom. The van der Waals surface area contributed by atoms with Gasteiger partial charge in [-0.05, 0) is 82.0 Å². The average Bonchev–Trinajstić information content (AvgIpc) is 3.70. The smallest absolute Gasteiger partial charge is 0.317 e. The normalized spacial score (nSPS) is 16.4. The van der Waals surface area contributed by atoms with E-state index in [1.807, 2.05) is 42.2 Å². The van der Waals surface area contributed by atoms with E-state index in [1.54, 1.807) is 11.1 Å². The SMILES string of the molecule is C\C=C/C(=N/C(=C\CCCc1ccc2[nH]c(C(=O)N3CCN(C)CC3)cc2c1)CCCC)c1cc(OCCN2CCNC2=O)ccn1. The number of likely N-dealkylation sites (N-methyl/N-ethyl adjacent to an activating group) is 1. The second-order valence-electron chi connectivity index (χ2n) is 12.3. The molecule has 0 spiro atoms. The highest BCUT2D eigenvalue weighted by Gasteiger charge is 2.22. The molecule has 10 heteroatoms. The quantitative estimate of drug-likeness (QED) is 0.161. The first-order valence-electron chi connectivity index (χ1n) is 17.1. The molecule has 0 atom stereocenters. The van der Waals surface area contributed by atoms with Gasteiger partial charge >= 0.3 is 6.03 Å². The van der Waals surface area contributed by atoms with Crippen LogP contribution in [0, 0.1) is 0 Å². The lowest BCUT2D eigenvalue weighted by Crippen LogP contribution is -2.47. The zero-order valence-electron chi connectivity index (χ0n) is 28.1. The Hall–Kier alpha value is -4.44. The lowest BCUT2D eigenvalue weighted by molar-refractivity contribution is 0.0659. The molecule has 0 aliphatic carbocycles. The summed E-state index contributed by atoms with van der Waals surface area (Å²) in [6.07, 6.45) is 13.9. The van der Waals surface area contributed by atoms with Crippen molar-refractivity contribution >= 4 is 28.6 Å². The van der Waals surface area contributed by atoms with E-state index in [2.05, 4.69) is 58.4 Å². The maximum atomic E-state index is 13.1. The number of fused-ring (bicyclic) bond motifs is 1. The van der Waals surface area contributed by atoms with Gasteiger partial charge in [-0.3, -0.25) is 14.8 Å². The van der Waals surface area contributed by atoms with E-state index >= 15 is 0 Å². The number of benzene rings is 1. The summed E-state index contributed by atoms with van der Waals surface area (Å²) in [5, 5.41) is 3.90. The molecule has 2 saturated heterocycles. The number of pyridine rings is 1. The molecule has 0 saturated carbocycles. The van der Waals surface area contributed by atoms with E-state index in [-0.39, 0.29) is 11.9 Å². The number of urea groups is 1. The second kappa shape index (κ2) is 16.9. The Labute approximate surface area is 278 Å². The third-order valence-corrected chi connectivity index (χ3v) is 8.70. The number of nitrogens with one attached hydrogen (secondary N) is 2. The Kier molecular flexibility index (Phi) is 12.2. The van der Waals surface area contributed by atoms with Gasteiger partial charge in [0.25, 0.3) is 5.91 Å². The Bertz CT molecular complexity index is 1600. The molecular formula is C37H49N7O3. The fourth-order valence-corrected chi connectivity index (χ4v) is 5.90. The molecule has 2 N–H and O–H groups in total. The molecule has 47 heavy (non-hydrogen) atoms. The number of H-pyrrole nitrogens is 1. The molecule has 2 fully saturated rings. The van der Waals surface area contributed by atoms with Crippen LogP contribution in [0.3, 0.4) is 0 Å². The monoisotopic (exact) mass is 639 g/mol. The fourth-order valence-electron chi connectivity index (χ4n) is 5.90. The predicted octanol–water partition coefficient (Wildman–Crippen LogP) is 5.82. The van der Waals surface area contributed by atoms with Crippen LogP contribution in [0.1, 0.15) is 67.7 Å². The summed E-state index contributed by atoms with van der Waals surface area (Å²) in [5.41, 5.74) is 5.57. The minimum atomic E-state index is -0.0388. The molecule has 10 nitrogen and oxygen atoms in total. The van der Waals surface area contributed by atoms with Crippen molar-refractivity contribution in [3.05, 3.63) is 83.5 Å². The number of allylic oxidation sites excluding steroid dienone is 4. The summed E-state index contributed by atoms with van der Waals surface area (Å²) < 4.78 is 5.97. The number of carbonyl (C=O) groups is 2. The highest BCUT2D eigenvalue weighted by molar-refractivity contribution is 6.08. The van der Waals surface area contributed by atoms with Gasteiger partial charge < -0.3 is 29.7 Å². The summed E-state index contributed by atoms with van der Waals surface area (Å²) in [6.45, 7) is 9.88. The van der Waals surface area contributed by atoms with E-state index in [0.717, 1.165) is 92.7 Å². The van der Waals surface area contributed by atoms with Gasteiger partial charge in [-0.1, -0.05) is 31.6 Å². The first-order valence-corrected chi connectivity index (χ1v) is 17.1. The number of hydrogen-bond acceptors (Lipinski definition) is 6. The molecule has 2 aromatic heterocycles. The number of amides is 3. The Morgan fingerprint density at radius 3 is 2.70 bits per heavy atom. The number of nitrogens with zero attached hydrogens (tertiary/aromatic N) is 5. The first-order chi connectivity index (χ1) is 22.9. The van der Waals surface area contributed by atoms with Crippen molar-refractivity contribution in [2.75, 3.05) is 59.5 Å². The molecule has 5 rings (SSSR count). The number of ether oxygens (including phenoxy) is 1. The lowest BCUT2D eigenvalue weighted by Gasteiger charge is -2.32. The number of aromatic amines is 1. The third kappa shape index (κ3) is 9.54. The molecule has 4 heterocycles. The maximum absolute atomic E-state index is 13.1. The summed E-state index contributed by atoms with van der Waals surface area (Å²) in [7, 11) is 2.10. The topological polar surface area (TPSA) is 106 Å². The lowest BCUT2D eigenvalue weighted by atomic mass is 10.1. The van der Waals surface area contributed by atoms with E-state index < -0.39 is 0 Å². The van der Waals surface area contributed by atoms with E-state index in [0.29, 0.717) is 37.7 Å². The average molecular weight is 640 g/mol. The number of rotatable bonds is 15. The van der Waals surface area contributed by atoms with Crippen LogP contribution in [0.2, 0.25) is 0 Å². The molecule has 1 aromatic carbocycles. The number of hydrogen-bond donors (Lipinski definition) is 2. The largest absolute Gasteiger partial charge is 0.492 e. The maximum Gasteiger partial charge on any atom is 0.317 e. The zero-order valence-corrected chi connectivity index (χ0v) is 28.1. The highest BCUT2D eigenvalue weighted by Crippen LogP contribution is 2.21. The van der Waals surface area contributed by atoms with Crippen molar-refractivity contribution in [3.8, 4) is 5.75 Å². The zero-order chi connectivity index (χ0) is 33.0. The number of carbonyl (C=O) groups excluding carboxylic acids is 2. The first kappa shape index (κ1) is 33.9. The van der Waals surface area contributed by atoms with Gasteiger partial charge in [0.15, 0.2) is 0 Å². The van der Waals surface area contributed by atoms with Gasteiger partial charge in [0.2, 0.25) is 0 Å². The second-order valence-corrected chi connectivity index (χ2v) is 12.3. The molecular weight excluding hydrogens is 590 g/mol. The Morgan fingerprint density at radius 1 is 1.09 bits per heavy atom. The van der Waals surface area contributed by atoms with Crippen LogP contribution >= 0.6 is 0 Å². The highest BCUT2D eigenvalue weighted by atomic mass is 16.5. The van der Waals surface area contributed by atoms with Crippen LogP contribution in [0.4, 0.5) is 4.79 Å². The van der Waals surface area contributed by atoms with Gasteiger partial charge in [-0.25, -0.2) is 4.79 Å². The van der Waals surface area contributed by atoms with Crippen LogP contribution < -0.4 is 10.1 Å². The predicted molar refractivity (Wildman–Crippen MR) is 188 cm³/mol. The van der Waals surface area contributed by atoms with Gasteiger partial charge in [0.05, 0.1) is 18.0 Å². The summed E-state index contributed by atoms with van der Waals surface area (Å²) >= 11 is 0. The molecule has 0 bridgehead atoms. The van der Waals surface area contributed by atoms with E-state index in [1.165, 1.54) is 5.56 Å². The fraction of sp³-hybridized carbons (Fsp3) is 0.459. The molecule has 0 unspecified atom stereocenters. The summed E-state index contributed by atoms with van der Waals surface area (Å²) in [6, 6.07) is 12.2. The van der Waals surface area contributed by atoms with Crippen LogP contribution in [0.5, 0.6) is 5.75 Å². The van der Waals surface area contributed by atoms with Crippen LogP contribution in [-0.4, -0.2) is 102 Å². The number of unbranched alkanes of at least 4 members (excludes halogenated alkanes) is 2. The van der Waals surface area contributed by atoms with E-state index in [4.69, 9.17) is 9.73 Å². The number of piperazine rings is 1. The number of aliphatic imine (C=N–C) groups is 1. The van der Waals surface area contributed by atoms with Crippen molar-refractivity contribution in [2.24, 2.45) is 4.99 Å². The van der Waals surface area contributed by atoms with Gasteiger partial charge in [-0.2, -0.15) is 0 Å². The van der Waals surface area contributed by atoms with Crippen LogP contribution in [0.25, 0.3) is 10.9 Å². The minimum absolute atomic E-state index is 0.0388. The molecule has 2 aliphatic rings. The van der Waals surface area contributed by atoms with Crippen molar-refractivity contribution in [1.82, 2.24) is 30.0 Å². The van der Waals surface area contributed by atoms with Crippen LogP contribution in [-0.2, 0) is 6.42 Å². The molecule has 3 aromatic rings. The van der Waals surface area contributed by atoms with Gasteiger partial charge in [-0.15, -0.1) is 0 Å². The molecule has 2 aliphatic heterocycles. The molecule has 3 amide bonds. The van der Waals surface area contributed by atoms with Crippen molar-refractivity contribution in [1.29, 1.82) is 0 Å². The number of aromatic nitrogens is 2. The van der Waals surface area contributed by atoms with Gasteiger partial charge in [0, 0.05) is 68.1 Å². The van der Waals surface area contributed by atoms with Crippen molar-refractivity contribution < 1.29 is 14.3 Å². The van der Waals surface area contributed by atoms with Crippen molar-refractivity contribution in [3.63, 3.8) is 0 Å².